The summed E-state index contributed by atoms with van der Waals surface area (Å²) in [6, 6.07) is 10.0. The second kappa shape index (κ2) is 5.49. The van der Waals surface area contributed by atoms with Crippen LogP contribution in [-0.4, -0.2) is 15.7 Å². The highest BCUT2D eigenvalue weighted by Crippen LogP contribution is 2.16. The summed E-state index contributed by atoms with van der Waals surface area (Å²) in [6.45, 7) is 2.06. The van der Waals surface area contributed by atoms with Crippen LogP contribution in [0.25, 0.3) is 0 Å². The molecular formula is C14H17N3O. The van der Waals surface area contributed by atoms with Gasteiger partial charge in [-0.25, -0.2) is 0 Å². The SMILES string of the molecule is CCC(NC(=O)c1cnn(C)c1)c1ccccc1. The van der Waals surface area contributed by atoms with Crippen molar-refractivity contribution >= 4 is 5.91 Å². The average molecular weight is 243 g/mol. The highest BCUT2D eigenvalue weighted by Gasteiger charge is 2.14. The maximum Gasteiger partial charge on any atom is 0.254 e. The third kappa shape index (κ3) is 2.77. The zero-order chi connectivity index (χ0) is 13.0. The number of aryl methyl sites for hydroxylation is 1. The zero-order valence-corrected chi connectivity index (χ0v) is 10.6. The Morgan fingerprint density at radius 2 is 2.11 bits per heavy atom. The fourth-order valence-electron chi connectivity index (χ4n) is 1.89. The largest absolute Gasteiger partial charge is 0.345 e. The molecule has 2 rings (SSSR count). The molecule has 2 aromatic rings. The fourth-order valence-corrected chi connectivity index (χ4v) is 1.89. The van der Waals surface area contributed by atoms with Gasteiger partial charge in [0.15, 0.2) is 0 Å². The Kier molecular flexibility index (Phi) is 3.77. The molecule has 1 unspecified atom stereocenters. The molecule has 4 nitrogen and oxygen atoms in total. The maximum absolute atomic E-state index is 12.0. The first-order valence-electron chi connectivity index (χ1n) is 6.05. The fraction of sp³-hybridized carbons (Fsp3) is 0.286. The minimum absolute atomic E-state index is 0.0407. The molecule has 0 fully saturated rings. The summed E-state index contributed by atoms with van der Waals surface area (Å²) in [5, 5.41) is 7.02. The van der Waals surface area contributed by atoms with Crippen LogP contribution in [0.1, 0.15) is 35.3 Å². The van der Waals surface area contributed by atoms with Gasteiger partial charge < -0.3 is 5.32 Å². The van der Waals surface area contributed by atoms with Crippen molar-refractivity contribution in [3.63, 3.8) is 0 Å². The Balaban J connectivity index is 2.10. The number of nitrogens with one attached hydrogen (secondary N) is 1. The van der Waals surface area contributed by atoms with Crippen LogP contribution in [0.5, 0.6) is 0 Å². The lowest BCUT2D eigenvalue weighted by Gasteiger charge is -2.16. The van der Waals surface area contributed by atoms with E-state index in [1.54, 1.807) is 24.1 Å². The summed E-state index contributed by atoms with van der Waals surface area (Å²) in [5.41, 5.74) is 1.71. The van der Waals surface area contributed by atoms with Gasteiger partial charge in [-0.2, -0.15) is 5.10 Å². The summed E-state index contributed by atoms with van der Waals surface area (Å²) in [6.07, 6.45) is 4.15. The van der Waals surface area contributed by atoms with Crippen LogP contribution in [0.15, 0.2) is 42.7 Å². The number of hydrogen-bond donors (Lipinski definition) is 1. The first-order chi connectivity index (χ1) is 8.70. The Hall–Kier alpha value is -2.10. The Bertz CT molecular complexity index is 519. The molecule has 1 heterocycles. The Labute approximate surface area is 107 Å². The summed E-state index contributed by atoms with van der Waals surface area (Å²) >= 11 is 0. The van der Waals surface area contributed by atoms with E-state index in [4.69, 9.17) is 0 Å². The normalized spacial score (nSPS) is 12.1. The molecular weight excluding hydrogens is 226 g/mol. The third-order valence-electron chi connectivity index (χ3n) is 2.88. The van der Waals surface area contributed by atoms with Gasteiger partial charge >= 0.3 is 0 Å². The van der Waals surface area contributed by atoms with E-state index in [2.05, 4.69) is 17.3 Å². The van der Waals surface area contributed by atoms with E-state index in [-0.39, 0.29) is 11.9 Å². The monoisotopic (exact) mass is 243 g/mol. The minimum Gasteiger partial charge on any atom is -0.345 e. The van der Waals surface area contributed by atoms with E-state index in [9.17, 15) is 4.79 Å². The summed E-state index contributed by atoms with van der Waals surface area (Å²) in [4.78, 5) is 12.0. The van der Waals surface area contributed by atoms with Gasteiger partial charge in [0.05, 0.1) is 17.8 Å². The number of carbonyl (C=O) groups is 1. The third-order valence-corrected chi connectivity index (χ3v) is 2.88. The quantitative estimate of drug-likeness (QED) is 0.895. The standard InChI is InChI=1S/C14H17N3O/c1-3-13(11-7-5-4-6-8-11)16-14(18)12-9-15-17(2)10-12/h4-10,13H,3H2,1-2H3,(H,16,18). The molecule has 94 valence electrons. The number of benzene rings is 1. The molecule has 0 spiro atoms. The van der Waals surface area contributed by atoms with Crippen LogP contribution in [0, 0.1) is 0 Å². The van der Waals surface area contributed by atoms with Crippen molar-refractivity contribution in [3.05, 3.63) is 53.9 Å². The molecule has 0 saturated carbocycles. The second-order valence-electron chi connectivity index (χ2n) is 4.25. The summed E-state index contributed by atoms with van der Waals surface area (Å²) in [7, 11) is 1.80. The number of carbonyl (C=O) groups excluding carboxylic acids is 1. The van der Waals surface area contributed by atoms with Gasteiger partial charge in [-0.3, -0.25) is 9.48 Å². The average Bonchev–Trinajstić information content (AvgIpc) is 2.83. The Morgan fingerprint density at radius 1 is 1.39 bits per heavy atom. The van der Waals surface area contributed by atoms with Crippen molar-refractivity contribution in [1.29, 1.82) is 0 Å². The lowest BCUT2D eigenvalue weighted by Crippen LogP contribution is -2.27. The first kappa shape index (κ1) is 12.4. The highest BCUT2D eigenvalue weighted by atomic mass is 16.1. The van der Waals surface area contributed by atoms with E-state index in [1.807, 2.05) is 30.3 Å². The molecule has 0 aliphatic heterocycles. The molecule has 0 radical (unpaired) electrons. The van der Waals surface area contributed by atoms with Crippen LogP contribution < -0.4 is 5.32 Å². The molecule has 18 heavy (non-hydrogen) atoms. The first-order valence-corrected chi connectivity index (χ1v) is 6.05. The van der Waals surface area contributed by atoms with E-state index in [0.717, 1.165) is 12.0 Å². The van der Waals surface area contributed by atoms with Crippen molar-refractivity contribution in [2.45, 2.75) is 19.4 Å². The van der Waals surface area contributed by atoms with Crippen molar-refractivity contribution in [2.75, 3.05) is 0 Å². The molecule has 1 N–H and O–H groups in total. The maximum atomic E-state index is 12.0. The van der Waals surface area contributed by atoms with E-state index >= 15 is 0 Å². The molecule has 0 bridgehead atoms. The summed E-state index contributed by atoms with van der Waals surface area (Å²) < 4.78 is 1.62. The topological polar surface area (TPSA) is 46.9 Å². The van der Waals surface area contributed by atoms with E-state index < -0.39 is 0 Å². The van der Waals surface area contributed by atoms with Crippen LogP contribution in [0.3, 0.4) is 0 Å². The van der Waals surface area contributed by atoms with Crippen molar-refractivity contribution < 1.29 is 4.79 Å². The van der Waals surface area contributed by atoms with E-state index in [1.165, 1.54) is 0 Å². The van der Waals surface area contributed by atoms with Gasteiger partial charge in [0.2, 0.25) is 0 Å². The summed E-state index contributed by atoms with van der Waals surface area (Å²) in [5.74, 6) is -0.0844. The highest BCUT2D eigenvalue weighted by molar-refractivity contribution is 5.93. The lowest BCUT2D eigenvalue weighted by atomic mass is 10.0. The molecule has 1 aromatic carbocycles. The lowest BCUT2D eigenvalue weighted by molar-refractivity contribution is 0.0935. The van der Waals surface area contributed by atoms with Crippen molar-refractivity contribution in [2.24, 2.45) is 7.05 Å². The number of hydrogen-bond acceptors (Lipinski definition) is 2. The van der Waals surface area contributed by atoms with Gasteiger partial charge in [0, 0.05) is 13.2 Å². The van der Waals surface area contributed by atoms with Crippen LogP contribution in [0.4, 0.5) is 0 Å². The van der Waals surface area contributed by atoms with Gasteiger partial charge in [0.25, 0.3) is 5.91 Å². The minimum atomic E-state index is -0.0844. The molecule has 0 aliphatic rings. The smallest absolute Gasteiger partial charge is 0.254 e. The molecule has 1 atom stereocenters. The number of amides is 1. The van der Waals surface area contributed by atoms with Gasteiger partial charge in [0.1, 0.15) is 0 Å². The Morgan fingerprint density at radius 3 is 2.67 bits per heavy atom. The van der Waals surface area contributed by atoms with Crippen LogP contribution in [0.2, 0.25) is 0 Å². The number of nitrogens with zero attached hydrogens (tertiary/aromatic N) is 2. The number of rotatable bonds is 4. The predicted molar refractivity (Wildman–Crippen MR) is 70.1 cm³/mol. The predicted octanol–water partition coefficient (Wildman–Crippen LogP) is 2.30. The van der Waals surface area contributed by atoms with E-state index in [0.29, 0.717) is 5.56 Å². The second-order valence-corrected chi connectivity index (χ2v) is 4.25. The van der Waals surface area contributed by atoms with Crippen molar-refractivity contribution in [3.8, 4) is 0 Å². The van der Waals surface area contributed by atoms with Crippen molar-refractivity contribution in [1.82, 2.24) is 15.1 Å². The van der Waals surface area contributed by atoms with Crippen LogP contribution >= 0.6 is 0 Å². The van der Waals surface area contributed by atoms with Gasteiger partial charge in [-0.05, 0) is 12.0 Å². The molecule has 1 amide bonds. The molecule has 1 aromatic heterocycles. The molecule has 0 saturated heterocycles. The van der Waals surface area contributed by atoms with Crippen LogP contribution in [-0.2, 0) is 7.05 Å². The van der Waals surface area contributed by atoms with Gasteiger partial charge in [-0.1, -0.05) is 37.3 Å². The number of aromatic nitrogens is 2. The molecule has 4 heteroatoms. The molecule has 0 aliphatic carbocycles. The zero-order valence-electron chi connectivity index (χ0n) is 10.6. The van der Waals surface area contributed by atoms with Gasteiger partial charge in [-0.15, -0.1) is 0 Å².